The number of nitrogens with zero attached hydrogens (tertiary/aromatic N) is 3. The zero-order chi connectivity index (χ0) is 14.7. The predicted octanol–water partition coefficient (Wildman–Crippen LogP) is 1.14. The van der Waals surface area contributed by atoms with Gasteiger partial charge in [0.25, 0.3) is 5.89 Å². The first-order valence-electron chi connectivity index (χ1n) is 6.79. The fourth-order valence-electron chi connectivity index (χ4n) is 2.24. The third-order valence-corrected chi connectivity index (χ3v) is 4.26. The minimum absolute atomic E-state index is 0.272. The van der Waals surface area contributed by atoms with Gasteiger partial charge in [-0.25, -0.2) is 0 Å². The number of hydrogen-bond acceptors (Lipinski definition) is 8. The highest BCUT2D eigenvalue weighted by atomic mass is 32.1. The van der Waals surface area contributed by atoms with E-state index in [1.807, 2.05) is 11.4 Å². The van der Waals surface area contributed by atoms with E-state index in [1.165, 1.54) is 11.3 Å². The molecule has 1 fully saturated rings. The summed E-state index contributed by atoms with van der Waals surface area (Å²) in [6.45, 7) is 3.96. The summed E-state index contributed by atoms with van der Waals surface area (Å²) in [7, 11) is 1.62. The molecule has 3 heterocycles. The van der Waals surface area contributed by atoms with E-state index in [2.05, 4.69) is 15.0 Å². The number of ether oxygens (including phenoxy) is 2. The van der Waals surface area contributed by atoms with Crippen molar-refractivity contribution < 1.29 is 14.0 Å². The molecule has 1 saturated heterocycles. The number of thiophene rings is 1. The number of aromatic nitrogens is 2. The molecule has 0 aromatic carbocycles. The van der Waals surface area contributed by atoms with Crippen molar-refractivity contribution >= 4 is 11.3 Å². The van der Waals surface area contributed by atoms with Gasteiger partial charge in [-0.2, -0.15) is 4.98 Å². The Labute approximate surface area is 126 Å². The maximum atomic E-state index is 6.17. The van der Waals surface area contributed by atoms with Crippen LogP contribution in [0.1, 0.15) is 11.9 Å². The van der Waals surface area contributed by atoms with Gasteiger partial charge in [-0.1, -0.05) is 5.16 Å². The van der Waals surface area contributed by atoms with Crippen molar-refractivity contribution in [2.75, 3.05) is 40.0 Å². The Balaban J connectivity index is 1.69. The lowest BCUT2D eigenvalue weighted by atomic mass is 10.2. The molecular weight excluding hydrogens is 292 g/mol. The average molecular weight is 310 g/mol. The molecule has 7 nitrogen and oxygen atoms in total. The lowest BCUT2D eigenvalue weighted by Gasteiger charge is -2.27. The molecule has 1 atom stereocenters. The monoisotopic (exact) mass is 310 g/mol. The van der Waals surface area contributed by atoms with Gasteiger partial charge in [0.1, 0.15) is 10.6 Å². The molecule has 0 bridgehead atoms. The van der Waals surface area contributed by atoms with Crippen LogP contribution in [-0.4, -0.2) is 55.0 Å². The highest BCUT2D eigenvalue weighted by molar-refractivity contribution is 7.13. The molecule has 0 radical (unpaired) electrons. The summed E-state index contributed by atoms with van der Waals surface area (Å²) < 4.78 is 15.9. The molecule has 0 aliphatic carbocycles. The third kappa shape index (κ3) is 3.24. The van der Waals surface area contributed by atoms with E-state index >= 15 is 0 Å². The number of methoxy groups -OCH3 is 1. The molecule has 2 aromatic heterocycles. The second kappa shape index (κ2) is 6.52. The van der Waals surface area contributed by atoms with E-state index in [0.29, 0.717) is 18.3 Å². The fraction of sp³-hybridized carbons (Fsp3) is 0.538. The van der Waals surface area contributed by atoms with Gasteiger partial charge in [-0.3, -0.25) is 4.90 Å². The zero-order valence-electron chi connectivity index (χ0n) is 11.8. The molecule has 3 rings (SSSR count). The smallest absolute Gasteiger partial charge is 0.271 e. The molecule has 1 aliphatic heterocycles. The third-order valence-electron chi connectivity index (χ3n) is 3.38. The Morgan fingerprint density at radius 2 is 2.29 bits per heavy atom. The van der Waals surface area contributed by atoms with E-state index in [4.69, 9.17) is 19.7 Å². The molecule has 2 aromatic rings. The molecule has 8 heteroatoms. The van der Waals surface area contributed by atoms with E-state index in [0.717, 1.165) is 36.9 Å². The van der Waals surface area contributed by atoms with Gasteiger partial charge in [0.05, 0.1) is 26.4 Å². The standard InChI is InChI=1S/C13H18N4O3S/c1-18-10-2-7-21-11(10)13-15-12(16-20-13)9(14)8-17-3-5-19-6-4-17/h2,7,9H,3-6,8,14H2,1H3. The highest BCUT2D eigenvalue weighted by Gasteiger charge is 2.21. The van der Waals surface area contributed by atoms with Crippen molar-refractivity contribution in [3.63, 3.8) is 0 Å². The van der Waals surface area contributed by atoms with Gasteiger partial charge < -0.3 is 19.7 Å². The second-order valence-corrected chi connectivity index (χ2v) is 5.71. The summed E-state index contributed by atoms with van der Waals surface area (Å²) in [5, 5.41) is 5.92. The summed E-state index contributed by atoms with van der Waals surface area (Å²) in [6, 6.07) is 1.60. The zero-order valence-corrected chi connectivity index (χ0v) is 12.6. The van der Waals surface area contributed by atoms with Crippen LogP contribution >= 0.6 is 11.3 Å². The van der Waals surface area contributed by atoms with E-state index in [-0.39, 0.29) is 6.04 Å². The topological polar surface area (TPSA) is 86.6 Å². The van der Waals surface area contributed by atoms with Crippen LogP contribution in [0.25, 0.3) is 10.8 Å². The van der Waals surface area contributed by atoms with Crippen molar-refractivity contribution in [1.82, 2.24) is 15.0 Å². The quantitative estimate of drug-likeness (QED) is 0.886. The van der Waals surface area contributed by atoms with Crippen molar-refractivity contribution in [3.05, 3.63) is 17.3 Å². The summed E-state index contributed by atoms with van der Waals surface area (Å²) in [5.41, 5.74) is 6.17. The van der Waals surface area contributed by atoms with Crippen molar-refractivity contribution in [2.45, 2.75) is 6.04 Å². The minimum Gasteiger partial charge on any atom is -0.495 e. The minimum atomic E-state index is -0.272. The Bertz CT molecular complexity index is 579. The Kier molecular flexibility index (Phi) is 4.49. The Hall–Kier alpha value is -1.48. The molecule has 0 spiro atoms. The molecule has 21 heavy (non-hydrogen) atoms. The van der Waals surface area contributed by atoms with Gasteiger partial charge in [0.2, 0.25) is 0 Å². The van der Waals surface area contributed by atoms with Crippen LogP contribution in [0.4, 0.5) is 0 Å². The van der Waals surface area contributed by atoms with Crippen LogP contribution in [0.2, 0.25) is 0 Å². The first kappa shape index (κ1) is 14.5. The van der Waals surface area contributed by atoms with Crippen LogP contribution < -0.4 is 10.5 Å². The van der Waals surface area contributed by atoms with E-state index < -0.39 is 0 Å². The second-order valence-electron chi connectivity index (χ2n) is 4.80. The number of nitrogens with two attached hydrogens (primary N) is 1. The number of rotatable bonds is 5. The van der Waals surface area contributed by atoms with E-state index in [9.17, 15) is 0 Å². The van der Waals surface area contributed by atoms with Crippen LogP contribution in [0.5, 0.6) is 5.75 Å². The van der Waals surface area contributed by atoms with E-state index in [1.54, 1.807) is 7.11 Å². The summed E-state index contributed by atoms with van der Waals surface area (Å²) in [6.07, 6.45) is 0. The van der Waals surface area contributed by atoms with Crippen LogP contribution in [0.15, 0.2) is 16.0 Å². The molecular formula is C13H18N4O3S. The van der Waals surface area contributed by atoms with Gasteiger partial charge in [-0.05, 0) is 11.4 Å². The molecule has 2 N–H and O–H groups in total. The average Bonchev–Trinajstić information content (AvgIpc) is 3.16. The summed E-state index contributed by atoms with van der Waals surface area (Å²) >= 11 is 1.50. The van der Waals surface area contributed by atoms with Gasteiger partial charge >= 0.3 is 0 Å². The number of hydrogen-bond donors (Lipinski definition) is 1. The summed E-state index contributed by atoms with van der Waals surface area (Å²) in [4.78, 5) is 7.47. The maximum absolute atomic E-state index is 6.17. The first-order valence-corrected chi connectivity index (χ1v) is 7.67. The number of morpholine rings is 1. The maximum Gasteiger partial charge on any atom is 0.271 e. The molecule has 1 unspecified atom stereocenters. The van der Waals surface area contributed by atoms with Crippen molar-refractivity contribution in [2.24, 2.45) is 5.73 Å². The molecule has 114 valence electrons. The van der Waals surface area contributed by atoms with Gasteiger partial charge in [0, 0.05) is 19.6 Å². The van der Waals surface area contributed by atoms with Crippen molar-refractivity contribution in [1.29, 1.82) is 0 Å². The molecule has 0 amide bonds. The van der Waals surface area contributed by atoms with Crippen LogP contribution in [0.3, 0.4) is 0 Å². The summed E-state index contributed by atoms with van der Waals surface area (Å²) in [5.74, 6) is 1.71. The molecule has 0 saturated carbocycles. The fourth-order valence-corrected chi connectivity index (χ4v) is 3.01. The van der Waals surface area contributed by atoms with Gasteiger partial charge in [-0.15, -0.1) is 11.3 Å². The van der Waals surface area contributed by atoms with Crippen LogP contribution in [0, 0.1) is 0 Å². The van der Waals surface area contributed by atoms with Crippen LogP contribution in [-0.2, 0) is 4.74 Å². The first-order chi connectivity index (χ1) is 10.3. The van der Waals surface area contributed by atoms with Gasteiger partial charge in [0.15, 0.2) is 5.82 Å². The highest BCUT2D eigenvalue weighted by Crippen LogP contribution is 2.34. The molecule has 1 aliphatic rings. The largest absolute Gasteiger partial charge is 0.495 e. The normalized spacial score (nSPS) is 17.8. The Morgan fingerprint density at radius 1 is 1.48 bits per heavy atom. The Morgan fingerprint density at radius 3 is 3.05 bits per heavy atom. The van der Waals surface area contributed by atoms with Crippen molar-refractivity contribution in [3.8, 4) is 16.5 Å². The SMILES string of the molecule is COc1ccsc1-c1nc(C(N)CN2CCOCC2)no1. The lowest BCUT2D eigenvalue weighted by molar-refractivity contribution is 0.0348. The lowest BCUT2D eigenvalue weighted by Crippen LogP contribution is -2.40. The predicted molar refractivity (Wildman–Crippen MR) is 78.4 cm³/mol.